The van der Waals surface area contributed by atoms with E-state index in [0.29, 0.717) is 22.5 Å². The third-order valence-electron chi connectivity index (χ3n) is 7.17. The van der Waals surface area contributed by atoms with Gasteiger partial charge in [-0.25, -0.2) is 4.39 Å². The first-order chi connectivity index (χ1) is 16.5. The summed E-state index contributed by atoms with van der Waals surface area (Å²) in [7, 11) is 0. The minimum Gasteiger partial charge on any atom is -0.317 e. The lowest BCUT2D eigenvalue weighted by atomic mass is 9.90. The van der Waals surface area contributed by atoms with Crippen molar-refractivity contribution in [1.29, 1.82) is 0 Å². The number of piperidine rings is 2. The summed E-state index contributed by atoms with van der Waals surface area (Å²) in [5, 5.41) is 4.32. The molecule has 1 N–H and O–H groups in total. The Kier molecular flexibility index (Phi) is 9.24. The molecule has 0 radical (unpaired) electrons. The van der Waals surface area contributed by atoms with E-state index in [2.05, 4.69) is 10.2 Å². The summed E-state index contributed by atoms with van der Waals surface area (Å²) in [6.45, 7) is 5.57. The number of nitrogens with zero attached hydrogens (tertiary/aromatic N) is 2. The van der Waals surface area contributed by atoms with E-state index in [1.807, 2.05) is 29.2 Å². The van der Waals surface area contributed by atoms with Crippen LogP contribution in [0.4, 0.5) is 10.1 Å². The third kappa shape index (κ3) is 6.94. The van der Waals surface area contributed by atoms with E-state index in [0.717, 1.165) is 76.9 Å². The molecule has 0 unspecified atom stereocenters. The molecule has 2 fully saturated rings. The second-order valence-corrected chi connectivity index (χ2v) is 10.4. The molecule has 184 valence electrons. The summed E-state index contributed by atoms with van der Waals surface area (Å²) < 4.78 is 13.1. The van der Waals surface area contributed by atoms with Crippen LogP contribution in [0.3, 0.4) is 0 Å². The summed E-state index contributed by atoms with van der Waals surface area (Å²) >= 11 is 12.4. The fourth-order valence-electron chi connectivity index (χ4n) is 5.13. The van der Waals surface area contributed by atoms with E-state index in [1.165, 1.54) is 5.56 Å². The number of nitrogens with one attached hydrogen (secondary N) is 1. The minimum atomic E-state index is -0.174. The fourth-order valence-corrected chi connectivity index (χ4v) is 5.42. The Bertz CT molecular complexity index is 941. The molecular formula is C27H34Cl2FN3O. The van der Waals surface area contributed by atoms with E-state index >= 15 is 0 Å². The molecule has 1 amide bonds. The van der Waals surface area contributed by atoms with Crippen LogP contribution in [0, 0.1) is 17.7 Å². The number of benzene rings is 2. The van der Waals surface area contributed by atoms with Gasteiger partial charge >= 0.3 is 0 Å². The van der Waals surface area contributed by atoms with E-state index in [9.17, 15) is 9.18 Å². The normalized spacial score (nSPS) is 18.2. The maximum Gasteiger partial charge on any atom is 0.230 e. The molecule has 2 aromatic rings. The van der Waals surface area contributed by atoms with Gasteiger partial charge in [0, 0.05) is 18.2 Å². The van der Waals surface area contributed by atoms with E-state index in [4.69, 9.17) is 23.2 Å². The van der Waals surface area contributed by atoms with Crippen LogP contribution in [-0.4, -0.2) is 50.1 Å². The Morgan fingerprint density at radius 3 is 2.38 bits per heavy atom. The Hall–Kier alpha value is -1.66. The maximum absolute atomic E-state index is 13.4. The molecule has 0 saturated carbocycles. The molecule has 4 nitrogen and oxygen atoms in total. The van der Waals surface area contributed by atoms with Crippen molar-refractivity contribution in [3.05, 3.63) is 63.9 Å². The first-order valence-corrected chi connectivity index (χ1v) is 13.2. The number of anilines is 1. The first kappa shape index (κ1) is 25.4. The summed E-state index contributed by atoms with van der Waals surface area (Å²) in [6.07, 6.45) is 5.99. The standard InChI is InChI=1S/C27H34Cl2FN3O/c28-25-7-6-24(19-26(25)29)33(27(34)22-8-12-31-13-9-22)15-1-14-32-16-10-21(11-17-32)18-20-2-4-23(30)5-3-20/h2-7,19,21-22,31H,1,8-18H2. The van der Waals surface area contributed by atoms with Crippen molar-refractivity contribution in [3.8, 4) is 0 Å². The van der Waals surface area contributed by atoms with E-state index in [1.54, 1.807) is 18.2 Å². The predicted molar refractivity (Wildman–Crippen MR) is 138 cm³/mol. The lowest BCUT2D eigenvalue weighted by Gasteiger charge is -2.33. The first-order valence-electron chi connectivity index (χ1n) is 12.4. The molecule has 0 aromatic heterocycles. The maximum atomic E-state index is 13.4. The van der Waals surface area contributed by atoms with Gasteiger partial charge in [-0.2, -0.15) is 0 Å². The SMILES string of the molecule is O=C(C1CCNCC1)N(CCCN1CCC(Cc2ccc(F)cc2)CC1)c1ccc(Cl)c(Cl)c1. The largest absolute Gasteiger partial charge is 0.317 e. The van der Waals surface area contributed by atoms with Crippen LogP contribution in [0.25, 0.3) is 0 Å². The van der Waals surface area contributed by atoms with Gasteiger partial charge in [0.1, 0.15) is 5.82 Å². The van der Waals surface area contributed by atoms with Crippen molar-refractivity contribution >= 4 is 34.8 Å². The highest BCUT2D eigenvalue weighted by Gasteiger charge is 2.27. The number of rotatable bonds is 8. The summed E-state index contributed by atoms with van der Waals surface area (Å²) in [5.74, 6) is 0.721. The van der Waals surface area contributed by atoms with Gasteiger partial charge in [0.25, 0.3) is 0 Å². The van der Waals surface area contributed by atoms with Crippen LogP contribution in [0.1, 0.15) is 37.7 Å². The summed E-state index contributed by atoms with van der Waals surface area (Å²) in [6, 6.07) is 12.4. The zero-order valence-electron chi connectivity index (χ0n) is 19.6. The molecule has 34 heavy (non-hydrogen) atoms. The molecule has 2 aliphatic heterocycles. The monoisotopic (exact) mass is 505 g/mol. The van der Waals surface area contributed by atoms with Crippen LogP contribution < -0.4 is 10.2 Å². The molecular weight excluding hydrogens is 472 g/mol. The van der Waals surface area contributed by atoms with E-state index in [-0.39, 0.29) is 17.6 Å². The van der Waals surface area contributed by atoms with Gasteiger partial charge in [-0.05, 0) is 113 Å². The number of halogens is 3. The quantitative estimate of drug-likeness (QED) is 0.491. The second-order valence-electron chi connectivity index (χ2n) is 9.58. The number of carbonyl (C=O) groups excluding carboxylic acids is 1. The van der Waals surface area contributed by atoms with Gasteiger partial charge in [0.15, 0.2) is 0 Å². The molecule has 2 saturated heterocycles. The van der Waals surface area contributed by atoms with Crippen molar-refractivity contribution in [1.82, 2.24) is 10.2 Å². The van der Waals surface area contributed by atoms with Gasteiger partial charge in [0.05, 0.1) is 10.0 Å². The number of amides is 1. The van der Waals surface area contributed by atoms with Gasteiger partial charge in [-0.3, -0.25) is 4.79 Å². The Morgan fingerprint density at radius 2 is 1.71 bits per heavy atom. The molecule has 2 aromatic carbocycles. The number of hydrogen-bond donors (Lipinski definition) is 1. The Morgan fingerprint density at radius 1 is 1.00 bits per heavy atom. The number of likely N-dealkylation sites (tertiary alicyclic amines) is 1. The molecule has 0 aliphatic carbocycles. The van der Waals surface area contributed by atoms with Gasteiger partial charge in [-0.1, -0.05) is 35.3 Å². The van der Waals surface area contributed by atoms with Crippen molar-refractivity contribution < 1.29 is 9.18 Å². The number of carbonyl (C=O) groups is 1. The molecule has 2 aliphatic rings. The van der Waals surface area contributed by atoms with Crippen LogP contribution in [0.15, 0.2) is 42.5 Å². The molecule has 7 heteroatoms. The molecule has 0 bridgehead atoms. The lowest BCUT2D eigenvalue weighted by molar-refractivity contribution is -0.123. The zero-order chi connectivity index (χ0) is 23.9. The summed E-state index contributed by atoms with van der Waals surface area (Å²) in [4.78, 5) is 17.8. The predicted octanol–water partition coefficient (Wildman–Crippen LogP) is 5.81. The fraction of sp³-hybridized carbons (Fsp3) is 0.519. The van der Waals surface area contributed by atoms with Crippen molar-refractivity contribution in [3.63, 3.8) is 0 Å². The van der Waals surface area contributed by atoms with Crippen LogP contribution in [-0.2, 0) is 11.2 Å². The van der Waals surface area contributed by atoms with Gasteiger partial charge in [-0.15, -0.1) is 0 Å². The third-order valence-corrected chi connectivity index (χ3v) is 7.91. The van der Waals surface area contributed by atoms with Crippen LogP contribution in [0.5, 0.6) is 0 Å². The van der Waals surface area contributed by atoms with Crippen LogP contribution >= 0.6 is 23.2 Å². The van der Waals surface area contributed by atoms with Crippen molar-refractivity contribution in [2.45, 2.75) is 38.5 Å². The lowest BCUT2D eigenvalue weighted by Crippen LogP contribution is -2.43. The Balaban J connectivity index is 1.29. The smallest absolute Gasteiger partial charge is 0.230 e. The zero-order valence-corrected chi connectivity index (χ0v) is 21.1. The highest BCUT2D eigenvalue weighted by Crippen LogP contribution is 2.29. The molecule has 0 atom stereocenters. The molecule has 4 rings (SSSR count). The highest BCUT2D eigenvalue weighted by atomic mass is 35.5. The van der Waals surface area contributed by atoms with Gasteiger partial charge in [0.2, 0.25) is 5.91 Å². The van der Waals surface area contributed by atoms with Crippen LogP contribution in [0.2, 0.25) is 10.0 Å². The minimum absolute atomic E-state index is 0.0536. The Labute approximate surface area is 212 Å². The second kappa shape index (κ2) is 12.3. The topological polar surface area (TPSA) is 35.6 Å². The van der Waals surface area contributed by atoms with Crippen molar-refractivity contribution in [2.75, 3.05) is 44.2 Å². The average molecular weight is 506 g/mol. The molecule has 2 heterocycles. The number of hydrogen-bond acceptors (Lipinski definition) is 3. The highest BCUT2D eigenvalue weighted by molar-refractivity contribution is 6.42. The molecule has 0 spiro atoms. The average Bonchev–Trinajstić information content (AvgIpc) is 2.86. The summed E-state index contributed by atoms with van der Waals surface area (Å²) in [5.41, 5.74) is 2.05. The van der Waals surface area contributed by atoms with Gasteiger partial charge < -0.3 is 15.1 Å². The van der Waals surface area contributed by atoms with Crippen molar-refractivity contribution in [2.24, 2.45) is 11.8 Å². The van der Waals surface area contributed by atoms with E-state index < -0.39 is 0 Å².